The summed E-state index contributed by atoms with van der Waals surface area (Å²) in [6.45, 7) is 3.47. The first kappa shape index (κ1) is 21.6. The quantitative estimate of drug-likeness (QED) is 0.374. The molecule has 8 nitrogen and oxygen atoms in total. The summed E-state index contributed by atoms with van der Waals surface area (Å²) in [6, 6.07) is 11.6. The number of halogens is 2. The van der Waals surface area contributed by atoms with E-state index >= 15 is 0 Å². The molecule has 5 rings (SSSR count). The maximum atomic E-state index is 14.8. The number of nitrogens with zero attached hydrogens (tertiary/aromatic N) is 5. The molecule has 0 aliphatic heterocycles. The molecule has 0 fully saturated rings. The number of benzene rings is 2. The molecule has 0 saturated heterocycles. The molecule has 0 aliphatic rings. The van der Waals surface area contributed by atoms with Gasteiger partial charge in [0.05, 0.1) is 5.69 Å². The van der Waals surface area contributed by atoms with Gasteiger partial charge in [-0.05, 0) is 50.2 Å². The lowest BCUT2D eigenvalue weighted by Gasteiger charge is -2.10. The summed E-state index contributed by atoms with van der Waals surface area (Å²) < 4.78 is 35.0. The summed E-state index contributed by atoms with van der Waals surface area (Å²) >= 11 is 1.17. The number of fused-ring (bicyclic) bond motifs is 1. The van der Waals surface area contributed by atoms with Gasteiger partial charge >= 0.3 is 0 Å². The zero-order valence-corrected chi connectivity index (χ0v) is 18.7. The molecule has 0 saturated carbocycles. The second-order valence-corrected chi connectivity index (χ2v) is 8.35. The van der Waals surface area contributed by atoms with Gasteiger partial charge in [-0.1, -0.05) is 0 Å². The van der Waals surface area contributed by atoms with Crippen LogP contribution in [0.5, 0.6) is 11.6 Å². The van der Waals surface area contributed by atoms with E-state index in [9.17, 15) is 13.6 Å². The minimum absolute atomic E-state index is 0.0482. The van der Waals surface area contributed by atoms with Crippen LogP contribution in [0.2, 0.25) is 0 Å². The Kier molecular flexibility index (Phi) is 5.46. The van der Waals surface area contributed by atoms with Crippen molar-refractivity contribution in [2.75, 3.05) is 5.32 Å². The van der Waals surface area contributed by atoms with Crippen molar-refractivity contribution in [2.24, 2.45) is 0 Å². The van der Waals surface area contributed by atoms with Crippen molar-refractivity contribution in [3.63, 3.8) is 0 Å². The molecule has 0 spiro atoms. The van der Waals surface area contributed by atoms with Gasteiger partial charge in [0.2, 0.25) is 5.88 Å². The lowest BCUT2D eigenvalue weighted by atomic mass is 10.2. The first-order valence-electron chi connectivity index (χ1n) is 10.1. The highest BCUT2D eigenvalue weighted by molar-refractivity contribution is 7.17. The highest BCUT2D eigenvalue weighted by Crippen LogP contribution is 2.30. The van der Waals surface area contributed by atoms with Crippen LogP contribution in [0.1, 0.15) is 21.1 Å². The summed E-state index contributed by atoms with van der Waals surface area (Å²) in [4.78, 5) is 25.8. The lowest BCUT2D eigenvalue weighted by molar-refractivity contribution is 0.102. The molecule has 1 N–H and O–H groups in total. The monoisotopic (exact) mass is 478 g/mol. The third-order valence-electron chi connectivity index (χ3n) is 4.85. The minimum atomic E-state index is -0.673. The van der Waals surface area contributed by atoms with E-state index in [2.05, 4.69) is 25.4 Å². The second-order valence-electron chi connectivity index (χ2n) is 7.35. The lowest BCUT2D eigenvalue weighted by Crippen LogP contribution is -2.11. The molecule has 0 unspecified atom stereocenters. The first-order chi connectivity index (χ1) is 16.4. The zero-order valence-electron chi connectivity index (χ0n) is 17.9. The fraction of sp³-hybridized carbons (Fsp3) is 0.0870. The van der Waals surface area contributed by atoms with Crippen LogP contribution in [-0.2, 0) is 0 Å². The van der Waals surface area contributed by atoms with E-state index in [0.717, 1.165) is 6.07 Å². The number of rotatable bonds is 5. The van der Waals surface area contributed by atoms with Crippen LogP contribution in [0.4, 0.5) is 14.5 Å². The van der Waals surface area contributed by atoms with Gasteiger partial charge in [-0.25, -0.2) is 18.7 Å². The molecule has 1 amide bonds. The maximum absolute atomic E-state index is 14.8. The summed E-state index contributed by atoms with van der Waals surface area (Å²) in [5.74, 6) is -0.912. The van der Waals surface area contributed by atoms with Crippen molar-refractivity contribution >= 4 is 28.7 Å². The highest BCUT2D eigenvalue weighted by Gasteiger charge is 2.18. The number of anilines is 1. The van der Waals surface area contributed by atoms with Gasteiger partial charge in [-0.15, -0.1) is 11.3 Å². The number of nitrogens with one attached hydrogen (secondary N) is 1. The van der Waals surface area contributed by atoms with Gasteiger partial charge in [-0.3, -0.25) is 4.79 Å². The molecule has 170 valence electrons. The molecule has 0 aliphatic carbocycles. The number of aromatic nitrogens is 5. The van der Waals surface area contributed by atoms with E-state index in [1.54, 1.807) is 32.0 Å². The average molecular weight is 478 g/mol. The summed E-state index contributed by atoms with van der Waals surface area (Å²) in [5.41, 5.74) is 2.11. The first-order valence-corrected chi connectivity index (χ1v) is 10.9. The van der Waals surface area contributed by atoms with Crippen LogP contribution in [0.25, 0.3) is 16.3 Å². The number of carbonyl (C=O) groups excluding carboxylic acids is 1. The van der Waals surface area contributed by atoms with Gasteiger partial charge in [0.15, 0.2) is 11.6 Å². The SMILES string of the molecule is Cc1cc(Oc2ccc(NC(=O)c3sc(-c4ccc(F)cc4)nc3C)cc2F)n2ncnc2n1. The van der Waals surface area contributed by atoms with Crippen LogP contribution in [-0.4, -0.2) is 30.5 Å². The fourth-order valence-corrected chi connectivity index (χ4v) is 4.22. The van der Waals surface area contributed by atoms with Crippen molar-refractivity contribution in [1.82, 2.24) is 24.6 Å². The largest absolute Gasteiger partial charge is 0.436 e. The number of ether oxygens (including phenoxy) is 1. The van der Waals surface area contributed by atoms with Gasteiger partial charge in [0.25, 0.3) is 11.7 Å². The average Bonchev–Trinajstić information content (AvgIpc) is 3.42. The maximum Gasteiger partial charge on any atom is 0.267 e. The molecule has 3 heterocycles. The van der Waals surface area contributed by atoms with Gasteiger partial charge in [0, 0.05) is 29.1 Å². The van der Waals surface area contributed by atoms with Crippen LogP contribution in [0.15, 0.2) is 54.9 Å². The summed E-state index contributed by atoms with van der Waals surface area (Å²) in [5, 5.41) is 7.29. The highest BCUT2D eigenvalue weighted by atomic mass is 32.1. The minimum Gasteiger partial charge on any atom is -0.436 e. The number of thiazole rings is 1. The molecule has 0 radical (unpaired) electrons. The zero-order chi connectivity index (χ0) is 23.8. The van der Waals surface area contributed by atoms with Gasteiger partial charge < -0.3 is 10.1 Å². The predicted octanol–water partition coefficient (Wildman–Crippen LogP) is 5.19. The Hall–Kier alpha value is -4.25. The molecule has 0 bridgehead atoms. The molecular formula is C23H16F2N6O2S. The number of hydrogen-bond donors (Lipinski definition) is 1. The normalized spacial score (nSPS) is 11.1. The predicted molar refractivity (Wildman–Crippen MR) is 122 cm³/mol. The van der Waals surface area contributed by atoms with Crippen molar-refractivity contribution in [1.29, 1.82) is 0 Å². The Labute approximate surface area is 195 Å². The Morgan fingerprint density at radius 3 is 2.62 bits per heavy atom. The molecule has 2 aromatic carbocycles. The molecule has 34 heavy (non-hydrogen) atoms. The third kappa shape index (κ3) is 4.20. The van der Waals surface area contributed by atoms with Crippen LogP contribution in [0.3, 0.4) is 0 Å². The van der Waals surface area contributed by atoms with Crippen LogP contribution < -0.4 is 10.1 Å². The number of carbonyl (C=O) groups is 1. The number of amides is 1. The van der Waals surface area contributed by atoms with E-state index in [1.807, 2.05) is 0 Å². The van der Waals surface area contributed by atoms with Crippen molar-refractivity contribution in [3.8, 4) is 22.2 Å². The summed E-state index contributed by atoms with van der Waals surface area (Å²) in [6.07, 6.45) is 1.33. The number of hydrogen-bond acceptors (Lipinski definition) is 7. The van der Waals surface area contributed by atoms with E-state index in [1.165, 1.54) is 46.4 Å². The third-order valence-corrected chi connectivity index (χ3v) is 6.05. The van der Waals surface area contributed by atoms with Crippen LogP contribution >= 0.6 is 11.3 Å². The van der Waals surface area contributed by atoms with Gasteiger partial charge in [0.1, 0.15) is 22.0 Å². The molecule has 5 aromatic rings. The Bertz CT molecular complexity index is 1530. The van der Waals surface area contributed by atoms with E-state index < -0.39 is 11.7 Å². The van der Waals surface area contributed by atoms with Crippen molar-refractivity contribution in [3.05, 3.63) is 82.8 Å². The Morgan fingerprint density at radius 2 is 1.85 bits per heavy atom. The summed E-state index contributed by atoms with van der Waals surface area (Å²) in [7, 11) is 0. The molecule has 11 heteroatoms. The van der Waals surface area contributed by atoms with Crippen molar-refractivity contribution in [2.45, 2.75) is 13.8 Å². The topological polar surface area (TPSA) is 94.3 Å². The van der Waals surface area contributed by atoms with Crippen LogP contribution in [0, 0.1) is 25.5 Å². The van der Waals surface area contributed by atoms with E-state index in [-0.39, 0.29) is 23.1 Å². The molecule has 3 aromatic heterocycles. The number of aryl methyl sites for hydroxylation is 2. The van der Waals surface area contributed by atoms with Gasteiger partial charge in [-0.2, -0.15) is 14.6 Å². The molecule has 0 atom stereocenters. The standard InChI is InChI=1S/C23H16F2N6O2S/c1-12-9-19(31-23(28-12)26-11-27-31)33-18-8-7-16(10-17(18)25)30-21(32)20-13(2)29-22(34-20)14-3-5-15(24)6-4-14/h3-11H,1-2H3,(H,30,32). The Morgan fingerprint density at radius 1 is 1.06 bits per heavy atom. The van der Waals surface area contributed by atoms with E-state index in [4.69, 9.17) is 4.74 Å². The second kappa shape index (κ2) is 8.60. The Balaban J connectivity index is 1.35. The smallest absolute Gasteiger partial charge is 0.267 e. The van der Waals surface area contributed by atoms with E-state index in [0.29, 0.717) is 32.6 Å². The molecular weight excluding hydrogens is 462 g/mol. The van der Waals surface area contributed by atoms with Crippen molar-refractivity contribution < 1.29 is 18.3 Å². The fourth-order valence-electron chi connectivity index (χ4n) is 3.25.